The average molecular weight is 372 g/mol. The topological polar surface area (TPSA) is 59.2 Å². The number of hydrogen-bond acceptors (Lipinski definition) is 4. The van der Waals surface area contributed by atoms with E-state index in [9.17, 15) is 4.79 Å². The fraction of sp³-hybridized carbons (Fsp3) is 0.524. The Morgan fingerprint density at radius 1 is 1.27 bits per heavy atom. The van der Waals surface area contributed by atoms with Gasteiger partial charge < -0.3 is 10.6 Å². The number of rotatable bonds is 5. The van der Waals surface area contributed by atoms with Crippen molar-refractivity contribution in [2.45, 2.75) is 51.5 Å². The summed E-state index contributed by atoms with van der Waals surface area (Å²) in [7, 11) is 0. The number of thiazole rings is 1. The lowest BCUT2D eigenvalue weighted by Gasteiger charge is -2.35. The molecule has 1 aliphatic heterocycles. The normalized spacial score (nSPS) is 20.2. The number of carbonyl (C=O) groups excluding carboxylic acids is 1. The van der Waals surface area contributed by atoms with Crippen LogP contribution in [0.2, 0.25) is 0 Å². The summed E-state index contributed by atoms with van der Waals surface area (Å²) in [5, 5.41) is 3.33. The van der Waals surface area contributed by atoms with Crippen molar-refractivity contribution in [3.05, 3.63) is 52.0 Å². The van der Waals surface area contributed by atoms with Crippen molar-refractivity contribution >= 4 is 17.2 Å². The first-order valence-corrected chi connectivity index (χ1v) is 10.4. The molecule has 0 bridgehead atoms. The first-order valence-electron chi connectivity index (χ1n) is 9.52. The van der Waals surface area contributed by atoms with Crippen LogP contribution in [0.4, 0.5) is 0 Å². The van der Waals surface area contributed by atoms with E-state index >= 15 is 0 Å². The lowest BCUT2D eigenvalue weighted by atomic mass is 9.92. The zero-order valence-electron chi connectivity index (χ0n) is 15.9. The first kappa shape index (κ1) is 19.1. The average Bonchev–Trinajstić information content (AvgIpc) is 3.17. The lowest BCUT2D eigenvalue weighted by molar-refractivity contribution is -0.137. The maximum Gasteiger partial charge on any atom is 0.227 e. The number of carbonyl (C=O) groups is 1. The molecular formula is C21H29N3OS. The highest BCUT2D eigenvalue weighted by molar-refractivity contribution is 7.09. The molecule has 1 saturated heterocycles. The van der Waals surface area contributed by atoms with Gasteiger partial charge in [0.1, 0.15) is 0 Å². The number of hydrogen-bond donors (Lipinski definition) is 1. The summed E-state index contributed by atoms with van der Waals surface area (Å²) in [4.78, 5) is 19.8. The van der Waals surface area contributed by atoms with E-state index in [2.05, 4.69) is 19.2 Å². The van der Waals surface area contributed by atoms with Gasteiger partial charge in [-0.15, -0.1) is 11.3 Å². The summed E-state index contributed by atoms with van der Waals surface area (Å²) in [6.07, 6.45) is 2.13. The monoisotopic (exact) mass is 371 g/mol. The molecule has 1 amide bonds. The Labute approximate surface area is 160 Å². The van der Waals surface area contributed by atoms with Crippen molar-refractivity contribution in [1.29, 1.82) is 0 Å². The van der Waals surface area contributed by atoms with Crippen molar-refractivity contribution < 1.29 is 4.79 Å². The molecule has 3 rings (SSSR count). The lowest BCUT2D eigenvalue weighted by Crippen LogP contribution is -2.44. The second kappa shape index (κ2) is 8.31. The Kier molecular flexibility index (Phi) is 6.09. The van der Waals surface area contributed by atoms with E-state index in [4.69, 9.17) is 10.7 Å². The fourth-order valence-corrected chi connectivity index (χ4v) is 4.65. The molecule has 0 spiro atoms. The molecule has 3 atom stereocenters. The van der Waals surface area contributed by atoms with Crippen molar-refractivity contribution in [2.24, 2.45) is 11.7 Å². The highest BCUT2D eigenvalue weighted by atomic mass is 32.1. The van der Waals surface area contributed by atoms with Gasteiger partial charge in [-0.2, -0.15) is 0 Å². The molecular weight excluding hydrogens is 342 g/mol. The number of benzene rings is 1. The van der Waals surface area contributed by atoms with Crippen LogP contribution < -0.4 is 5.73 Å². The third kappa shape index (κ3) is 4.15. The van der Waals surface area contributed by atoms with Crippen LogP contribution in [0.25, 0.3) is 0 Å². The van der Waals surface area contributed by atoms with Crippen LogP contribution in [-0.2, 0) is 4.79 Å². The minimum Gasteiger partial charge on any atom is -0.342 e. The van der Waals surface area contributed by atoms with Crippen LogP contribution >= 0.6 is 11.3 Å². The number of piperidine rings is 1. The first-order chi connectivity index (χ1) is 12.5. The third-order valence-electron chi connectivity index (χ3n) is 5.33. The summed E-state index contributed by atoms with van der Waals surface area (Å²) in [5.41, 5.74) is 8.55. The highest BCUT2D eigenvalue weighted by Crippen LogP contribution is 2.32. The minimum atomic E-state index is -0.267. The van der Waals surface area contributed by atoms with Gasteiger partial charge in [0, 0.05) is 30.4 Å². The fourth-order valence-electron chi connectivity index (χ4n) is 3.54. The van der Waals surface area contributed by atoms with Crippen LogP contribution in [0.3, 0.4) is 0 Å². The van der Waals surface area contributed by atoms with Crippen LogP contribution in [-0.4, -0.2) is 28.9 Å². The maximum absolute atomic E-state index is 13.0. The largest absolute Gasteiger partial charge is 0.342 e. The van der Waals surface area contributed by atoms with E-state index in [1.54, 1.807) is 11.3 Å². The van der Waals surface area contributed by atoms with E-state index in [-0.39, 0.29) is 17.9 Å². The number of nitrogens with zero attached hydrogens (tertiary/aromatic N) is 2. The van der Waals surface area contributed by atoms with Crippen molar-refractivity contribution in [1.82, 2.24) is 9.88 Å². The molecule has 26 heavy (non-hydrogen) atoms. The summed E-state index contributed by atoms with van der Waals surface area (Å²) < 4.78 is 0. The van der Waals surface area contributed by atoms with Crippen molar-refractivity contribution in [3.8, 4) is 0 Å². The zero-order valence-corrected chi connectivity index (χ0v) is 16.7. The van der Waals surface area contributed by atoms with E-state index < -0.39 is 0 Å². The summed E-state index contributed by atoms with van der Waals surface area (Å²) in [6, 6.07) is 9.64. The van der Waals surface area contributed by atoms with E-state index in [0.717, 1.165) is 37.2 Å². The van der Waals surface area contributed by atoms with Crippen LogP contribution in [0, 0.1) is 5.92 Å². The maximum atomic E-state index is 13.0. The smallest absolute Gasteiger partial charge is 0.227 e. The SMILES string of the molecule is CC(C)c1csc(C2CCCN(C(=O)C(C)C(N)c3ccccc3)C2)n1. The molecule has 2 aromatic rings. The Hall–Kier alpha value is -1.72. The quantitative estimate of drug-likeness (QED) is 0.852. The zero-order chi connectivity index (χ0) is 18.7. The van der Waals surface area contributed by atoms with E-state index in [1.807, 2.05) is 42.2 Å². The van der Waals surface area contributed by atoms with Gasteiger partial charge >= 0.3 is 0 Å². The number of nitrogens with two attached hydrogens (primary N) is 1. The molecule has 140 valence electrons. The molecule has 0 aliphatic carbocycles. The standard InChI is InChI=1S/C21H29N3OS/c1-14(2)18-13-26-20(23-18)17-10-7-11-24(12-17)21(25)15(3)19(22)16-8-5-4-6-9-16/h4-6,8-9,13-15,17,19H,7,10-12,22H2,1-3H3. The molecule has 5 heteroatoms. The van der Waals surface area contributed by atoms with Gasteiger partial charge in [-0.1, -0.05) is 51.1 Å². The molecule has 4 nitrogen and oxygen atoms in total. The van der Waals surface area contributed by atoms with Gasteiger partial charge in [0.05, 0.1) is 16.6 Å². The van der Waals surface area contributed by atoms with Gasteiger partial charge in [0.2, 0.25) is 5.91 Å². The molecule has 3 unspecified atom stereocenters. The third-order valence-corrected chi connectivity index (χ3v) is 6.35. The van der Waals surface area contributed by atoms with Gasteiger partial charge in [-0.25, -0.2) is 4.98 Å². The van der Waals surface area contributed by atoms with Gasteiger partial charge in [0.15, 0.2) is 0 Å². The molecule has 1 fully saturated rings. The van der Waals surface area contributed by atoms with E-state index in [1.165, 1.54) is 5.01 Å². The molecule has 1 aromatic carbocycles. The second-order valence-electron chi connectivity index (χ2n) is 7.61. The van der Waals surface area contributed by atoms with Crippen LogP contribution in [0.1, 0.15) is 67.8 Å². The molecule has 1 aliphatic rings. The summed E-state index contributed by atoms with van der Waals surface area (Å²) >= 11 is 1.74. The molecule has 1 aromatic heterocycles. The van der Waals surface area contributed by atoms with Gasteiger partial charge in [-0.3, -0.25) is 4.79 Å². The summed E-state index contributed by atoms with van der Waals surface area (Å²) in [5.74, 6) is 0.737. The van der Waals surface area contributed by atoms with Gasteiger partial charge in [-0.05, 0) is 24.3 Å². The van der Waals surface area contributed by atoms with Crippen LogP contribution in [0.5, 0.6) is 0 Å². The number of amides is 1. The molecule has 2 heterocycles. The van der Waals surface area contributed by atoms with Crippen LogP contribution in [0.15, 0.2) is 35.7 Å². The summed E-state index contributed by atoms with van der Waals surface area (Å²) in [6.45, 7) is 7.87. The van der Waals surface area contributed by atoms with Crippen molar-refractivity contribution in [3.63, 3.8) is 0 Å². The Morgan fingerprint density at radius 2 is 2.00 bits per heavy atom. The number of aromatic nitrogens is 1. The van der Waals surface area contributed by atoms with Gasteiger partial charge in [0.25, 0.3) is 0 Å². The highest BCUT2D eigenvalue weighted by Gasteiger charge is 2.31. The predicted molar refractivity (Wildman–Crippen MR) is 107 cm³/mol. The van der Waals surface area contributed by atoms with Crippen molar-refractivity contribution in [2.75, 3.05) is 13.1 Å². The number of likely N-dealkylation sites (tertiary alicyclic amines) is 1. The Balaban J connectivity index is 1.67. The molecule has 0 saturated carbocycles. The minimum absolute atomic E-state index is 0.159. The molecule has 0 radical (unpaired) electrons. The second-order valence-corrected chi connectivity index (χ2v) is 8.50. The molecule has 2 N–H and O–H groups in total. The van der Waals surface area contributed by atoms with E-state index in [0.29, 0.717) is 11.8 Å². The Bertz CT molecular complexity index is 728. The predicted octanol–water partition coefficient (Wildman–Crippen LogP) is 4.31. The Morgan fingerprint density at radius 3 is 2.65 bits per heavy atom.